The minimum Gasteiger partial charge on any atom is -0.487 e. The van der Waals surface area contributed by atoms with Crippen LogP contribution in [0.5, 0.6) is 5.75 Å². The van der Waals surface area contributed by atoms with Gasteiger partial charge in [-0.3, -0.25) is 0 Å². The summed E-state index contributed by atoms with van der Waals surface area (Å²) in [6.45, 7) is 3.09. The van der Waals surface area contributed by atoms with E-state index in [0.29, 0.717) is 24.8 Å². The molecule has 0 spiro atoms. The highest BCUT2D eigenvalue weighted by Crippen LogP contribution is 2.25. The van der Waals surface area contributed by atoms with Crippen LogP contribution in [0.25, 0.3) is 22.8 Å². The molecule has 3 aromatic carbocycles. The molecule has 0 atom stereocenters. The molecule has 2 amide bonds. The molecule has 0 bridgehead atoms. The Balaban J connectivity index is 1.14. The summed E-state index contributed by atoms with van der Waals surface area (Å²) in [6.07, 6.45) is -0.0304. The zero-order chi connectivity index (χ0) is 21.9. The maximum atomic E-state index is 12.3. The smallest absolute Gasteiger partial charge is 0.322 e. The van der Waals surface area contributed by atoms with Gasteiger partial charge in [-0.25, -0.2) is 4.79 Å². The highest BCUT2D eigenvalue weighted by molar-refractivity contribution is 5.90. The van der Waals surface area contributed by atoms with Crippen molar-refractivity contribution < 1.29 is 14.1 Å². The van der Waals surface area contributed by atoms with E-state index in [2.05, 4.69) is 15.5 Å². The fourth-order valence-corrected chi connectivity index (χ4v) is 3.52. The number of rotatable bonds is 5. The Morgan fingerprint density at radius 2 is 1.78 bits per heavy atom. The van der Waals surface area contributed by atoms with Crippen molar-refractivity contribution in [2.75, 3.05) is 18.4 Å². The molecule has 1 aromatic heterocycles. The van der Waals surface area contributed by atoms with Crippen molar-refractivity contribution in [1.29, 1.82) is 0 Å². The lowest BCUT2D eigenvalue weighted by Gasteiger charge is -2.38. The zero-order valence-corrected chi connectivity index (χ0v) is 17.6. The van der Waals surface area contributed by atoms with Gasteiger partial charge in [-0.05, 0) is 48.9 Å². The Bertz CT molecular complexity index is 1220. The zero-order valence-electron chi connectivity index (χ0n) is 17.6. The Morgan fingerprint density at radius 3 is 2.53 bits per heavy atom. The molecule has 1 aliphatic rings. The van der Waals surface area contributed by atoms with Crippen molar-refractivity contribution in [1.82, 2.24) is 15.0 Å². The van der Waals surface area contributed by atoms with Gasteiger partial charge in [0.1, 0.15) is 11.9 Å². The van der Waals surface area contributed by atoms with Gasteiger partial charge in [0, 0.05) is 16.8 Å². The van der Waals surface area contributed by atoms with Crippen molar-refractivity contribution in [2.24, 2.45) is 0 Å². The summed E-state index contributed by atoms with van der Waals surface area (Å²) in [6, 6.07) is 24.8. The molecule has 0 aliphatic carbocycles. The largest absolute Gasteiger partial charge is 0.487 e. The lowest BCUT2D eigenvalue weighted by atomic mass is 10.1. The fourth-order valence-electron chi connectivity index (χ4n) is 3.52. The summed E-state index contributed by atoms with van der Waals surface area (Å²) >= 11 is 0. The predicted molar refractivity (Wildman–Crippen MR) is 121 cm³/mol. The second kappa shape index (κ2) is 8.55. The van der Waals surface area contributed by atoms with Gasteiger partial charge >= 0.3 is 6.03 Å². The average Bonchev–Trinajstić information content (AvgIpc) is 3.27. The lowest BCUT2D eigenvalue weighted by Crippen LogP contribution is -2.57. The summed E-state index contributed by atoms with van der Waals surface area (Å²) in [5, 5.41) is 6.97. The van der Waals surface area contributed by atoms with Crippen LogP contribution >= 0.6 is 0 Å². The average molecular weight is 426 g/mol. The molecule has 7 heteroatoms. The number of hydrogen-bond donors (Lipinski definition) is 1. The molecule has 4 aromatic rings. The Morgan fingerprint density at radius 1 is 1.00 bits per heavy atom. The van der Waals surface area contributed by atoms with Crippen LogP contribution in [-0.4, -0.2) is 40.3 Å². The number of hydrogen-bond acceptors (Lipinski definition) is 5. The van der Waals surface area contributed by atoms with E-state index in [1.165, 1.54) is 0 Å². The van der Waals surface area contributed by atoms with Crippen LogP contribution in [0.4, 0.5) is 10.5 Å². The van der Waals surface area contributed by atoms with Crippen molar-refractivity contribution in [3.63, 3.8) is 0 Å². The van der Waals surface area contributed by atoms with E-state index in [9.17, 15) is 4.79 Å². The lowest BCUT2D eigenvalue weighted by molar-refractivity contribution is 0.0493. The molecule has 32 heavy (non-hydrogen) atoms. The molecule has 0 radical (unpaired) electrons. The molecule has 160 valence electrons. The van der Waals surface area contributed by atoms with E-state index in [0.717, 1.165) is 28.1 Å². The van der Waals surface area contributed by atoms with Crippen LogP contribution < -0.4 is 10.1 Å². The van der Waals surface area contributed by atoms with Crippen LogP contribution in [0.2, 0.25) is 0 Å². The topological polar surface area (TPSA) is 80.5 Å². The molecular formula is C25H22N4O3. The molecule has 0 unspecified atom stereocenters. The Kier molecular flexibility index (Phi) is 5.29. The third-order valence-electron chi connectivity index (χ3n) is 5.27. The Labute approximate surface area is 185 Å². The molecular weight excluding hydrogens is 404 g/mol. The molecule has 2 heterocycles. The normalized spacial score (nSPS) is 13.5. The van der Waals surface area contributed by atoms with Crippen LogP contribution in [0.3, 0.4) is 0 Å². The number of nitrogens with one attached hydrogen (secondary N) is 1. The number of aryl methyl sites for hydroxylation is 1. The van der Waals surface area contributed by atoms with E-state index in [-0.39, 0.29) is 12.1 Å². The quantitative estimate of drug-likeness (QED) is 0.485. The first kappa shape index (κ1) is 19.8. The molecule has 1 N–H and O–H groups in total. The van der Waals surface area contributed by atoms with Crippen molar-refractivity contribution in [2.45, 2.75) is 13.0 Å². The van der Waals surface area contributed by atoms with E-state index in [1.54, 1.807) is 4.90 Å². The number of carbonyl (C=O) groups excluding carboxylic acids is 1. The minimum atomic E-state index is -0.114. The minimum absolute atomic E-state index is 0.0304. The van der Waals surface area contributed by atoms with Gasteiger partial charge in [-0.2, -0.15) is 4.98 Å². The Hall–Kier alpha value is -4.13. The van der Waals surface area contributed by atoms with Crippen molar-refractivity contribution in [3.05, 3.63) is 84.4 Å². The van der Waals surface area contributed by atoms with E-state index < -0.39 is 0 Å². The van der Waals surface area contributed by atoms with Crippen molar-refractivity contribution >= 4 is 11.7 Å². The number of carbonyl (C=O) groups is 1. The number of amides is 2. The number of aromatic nitrogens is 2. The first-order valence-corrected chi connectivity index (χ1v) is 10.4. The number of likely N-dealkylation sites (tertiary alicyclic amines) is 1. The fraction of sp³-hybridized carbons (Fsp3) is 0.160. The number of urea groups is 1. The first-order chi connectivity index (χ1) is 15.6. The van der Waals surface area contributed by atoms with Gasteiger partial charge < -0.3 is 19.5 Å². The second-order valence-electron chi connectivity index (χ2n) is 7.76. The summed E-state index contributed by atoms with van der Waals surface area (Å²) in [5.74, 6) is 1.75. The van der Waals surface area contributed by atoms with Gasteiger partial charge in [-0.15, -0.1) is 0 Å². The van der Waals surface area contributed by atoms with E-state index in [1.807, 2.05) is 85.8 Å². The monoisotopic (exact) mass is 426 g/mol. The predicted octanol–water partition coefficient (Wildman–Crippen LogP) is 5.01. The molecule has 0 saturated carbocycles. The molecule has 1 fully saturated rings. The molecule has 7 nitrogen and oxygen atoms in total. The van der Waals surface area contributed by atoms with Crippen LogP contribution in [0, 0.1) is 6.92 Å². The summed E-state index contributed by atoms with van der Waals surface area (Å²) in [7, 11) is 0. The van der Waals surface area contributed by atoms with Crippen molar-refractivity contribution in [3.8, 4) is 28.6 Å². The summed E-state index contributed by atoms with van der Waals surface area (Å²) in [5.41, 5.74) is 3.63. The highest BCUT2D eigenvalue weighted by Gasteiger charge is 2.32. The number of nitrogens with zero attached hydrogens (tertiary/aromatic N) is 3. The first-order valence-electron chi connectivity index (χ1n) is 10.4. The highest BCUT2D eigenvalue weighted by atomic mass is 16.5. The van der Waals surface area contributed by atoms with Crippen LogP contribution in [0.15, 0.2) is 83.4 Å². The number of benzene rings is 3. The van der Waals surface area contributed by atoms with Gasteiger partial charge in [0.25, 0.3) is 5.89 Å². The third kappa shape index (κ3) is 4.32. The number of anilines is 1. The molecule has 5 rings (SSSR count). The van der Waals surface area contributed by atoms with Gasteiger partial charge in [-0.1, -0.05) is 47.6 Å². The van der Waals surface area contributed by atoms with E-state index >= 15 is 0 Å². The van der Waals surface area contributed by atoms with Crippen LogP contribution in [0.1, 0.15) is 5.56 Å². The van der Waals surface area contributed by atoms with Gasteiger partial charge in [0.05, 0.1) is 13.1 Å². The summed E-state index contributed by atoms with van der Waals surface area (Å²) < 4.78 is 11.4. The van der Waals surface area contributed by atoms with Crippen LogP contribution in [-0.2, 0) is 0 Å². The van der Waals surface area contributed by atoms with Gasteiger partial charge in [0.2, 0.25) is 5.82 Å². The summed E-state index contributed by atoms with van der Waals surface area (Å²) in [4.78, 5) is 18.5. The number of ether oxygens (including phenoxy) is 1. The maximum Gasteiger partial charge on any atom is 0.322 e. The SMILES string of the molecule is Cc1cccc(NC(=O)N2CC(Oc3ccc(-c4nc(-c5ccccc5)no4)cc3)C2)c1. The third-order valence-corrected chi connectivity index (χ3v) is 5.27. The standard InChI is InChI=1S/C25H22N4O3/c1-17-6-5-9-20(14-17)26-25(30)29-15-22(16-29)31-21-12-10-19(11-13-21)24-27-23(28-32-24)18-7-3-2-4-8-18/h2-14,22H,15-16H2,1H3,(H,26,30). The molecule has 1 aliphatic heterocycles. The second-order valence-corrected chi connectivity index (χ2v) is 7.76. The molecule has 1 saturated heterocycles. The van der Waals surface area contributed by atoms with E-state index in [4.69, 9.17) is 9.26 Å². The van der Waals surface area contributed by atoms with Gasteiger partial charge in [0.15, 0.2) is 0 Å². The maximum absolute atomic E-state index is 12.3.